The second kappa shape index (κ2) is 8.52. The lowest BCUT2D eigenvalue weighted by Gasteiger charge is -2.45. The molecule has 1 saturated heterocycles. The van der Waals surface area contributed by atoms with Crippen molar-refractivity contribution in [3.63, 3.8) is 0 Å². The Hall–Kier alpha value is -3.17. The SMILES string of the molecule is Cc1ccc(CCN2C[C@H](C)N(c3cc(=O)n(C)c4ccc(C#N)nc34)C[C@H]2C)cc1. The van der Waals surface area contributed by atoms with Gasteiger partial charge < -0.3 is 9.47 Å². The molecule has 2 atom stereocenters. The molecule has 1 aromatic carbocycles. The van der Waals surface area contributed by atoms with Gasteiger partial charge in [-0.05, 0) is 44.9 Å². The fraction of sp³-hybridized carbons (Fsp3) is 0.400. The van der Waals surface area contributed by atoms with Crippen LogP contribution in [0.1, 0.15) is 30.7 Å². The van der Waals surface area contributed by atoms with Gasteiger partial charge >= 0.3 is 0 Å². The minimum Gasteiger partial charge on any atom is -0.364 e. The zero-order chi connectivity index (χ0) is 22.1. The van der Waals surface area contributed by atoms with Crippen molar-refractivity contribution in [2.45, 2.75) is 39.3 Å². The fourth-order valence-electron chi connectivity index (χ4n) is 4.47. The Kier molecular flexibility index (Phi) is 5.79. The first-order valence-electron chi connectivity index (χ1n) is 10.8. The number of aryl methyl sites for hydroxylation is 2. The van der Waals surface area contributed by atoms with E-state index in [4.69, 9.17) is 0 Å². The van der Waals surface area contributed by atoms with E-state index in [-0.39, 0.29) is 11.6 Å². The van der Waals surface area contributed by atoms with Crippen molar-refractivity contribution in [3.05, 3.63) is 69.6 Å². The third-order valence-corrected chi connectivity index (χ3v) is 6.42. The molecule has 3 heterocycles. The zero-order valence-corrected chi connectivity index (χ0v) is 18.7. The number of nitrogens with zero attached hydrogens (tertiary/aromatic N) is 5. The number of rotatable bonds is 4. The molecule has 2 aromatic heterocycles. The van der Waals surface area contributed by atoms with Crippen molar-refractivity contribution in [2.24, 2.45) is 7.05 Å². The lowest BCUT2D eigenvalue weighted by Crippen LogP contribution is -2.57. The highest BCUT2D eigenvalue weighted by Gasteiger charge is 2.30. The fourth-order valence-corrected chi connectivity index (χ4v) is 4.47. The molecule has 6 heteroatoms. The number of aromatic nitrogens is 2. The molecule has 0 N–H and O–H groups in total. The van der Waals surface area contributed by atoms with Crippen LogP contribution in [0.2, 0.25) is 0 Å². The van der Waals surface area contributed by atoms with E-state index < -0.39 is 0 Å². The normalized spacial score (nSPS) is 19.5. The Labute approximate surface area is 183 Å². The Morgan fingerprint density at radius 1 is 1.10 bits per heavy atom. The van der Waals surface area contributed by atoms with Gasteiger partial charge in [0.1, 0.15) is 17.3 Å². The van der Waals surface area contributed by atoms with Crippen molar-refractivity contribution in [1.82, 2.24) is 14.5 Å². The summed E-state index contributed by atoms with van der Waals surface area (Å²) in [6.45, 7) is 9.30. The summed E-state index contributed by atoms with van der Waals surface area (Å²) in [7, 11) is 1.75. The van der Waals surface area contributed by atoms with Crippen LogP contribution in [-0.4, -0.2) is 46.2 Å². The van der Waals surface area contributed by atoms with Gasteiger partial charge in [0.05, 0.1) is 11.2 Å². The summed E-state index contributed by atoms with van der Waals surface area (Å²) >= 11 is 0. The van der Waals surface area contributed by atoms with E-state index in [0.717, 1.165) is 37.3 Å². The number of fused-ring (bicyclic) bond motifs is 1. The average molecular weight is 416 g/mol. The maximum absolute atomic E-state index is 12.6. The van der Waals surface area contributed by atoms with Gasteiger partial charge in [0, 0.05) is 44.8 Å². The molecule has 160 valence electrons. The van der Waals surface area contributed by atoms with Gasteiger partial charge in [-0.3, -0.25) is 9.69 Å². The largest absolute Gasteiger partial charge is 0.364 e. The first-order chi connectivity index (χ1) is 14.9. The second-order valence-electron chi connectivity index (χ2n) is 8.68. The molecule has 0 spiro atoms. The summed E-state index contributed by atoms with van der Waals surface area (Å²) in [5.74, 6) is 0. The maximum Gasteiger partial charge on any atom is 0.252 e. The van der Waals surface area contributed by atoms with E-state index in [0.29, 0.717) is 17.3 Å². The van der Waals surface area contributed by atoms with Gasteiger partial charge in [-0.2, -0.15) is 5.26 Å². The van der Waals surface area contributed by atoms with Crippen molar-refractivity contribution in [2.75, 3.05) is 24.5 Å². The van der Waals surface area contributed by atoms with Crippen LogP contribution < -0.4 is 10.5 Å². The molecule has 0 radical (unpaired) electrons. The quantitative estimate of drug-likeness (QED) is 0.654. The van der Waals surface area contributed by atoms with Gasteiger partial charge in [-0.1, -0.05) is 29.8 Å². The smallest absolute Gasteiger partial charge is 0.252 e. The zero-order valence-electron chi connectivity index (χ0n) is 18.7. The molecule has 0 saturated carbocycles. The number of hydrogen-bond acceptors (Lipinski definition) is 5. The minimum atomic E-state index is -0.0596. The number of benzene rings is 1. The first kappa shape index (κ1) is 21.1. The van der Waals surface area contributed by atoms with Gasteiger partial charge in [0.25, 0.3) is 5.56 Å². The van der Waals surface area contributed by atoms with Crippen LogP contribution in [0.3, 0.4) is 0 Å². The lowest BCUT2D eigenvalue weighted by atomic mass is 10.0. The Balaban J connectivity index is 1.59. The highest BCUT2D eigenvalue weighted by molar-refractivity contribution is 5.89. The molecule has 1 aliphatic heterocycles. The molecule has 0 unspecified atom stereocenters. The highest BCUT2D eigenvalue weighted by Crippen LogP contribution is 2.28. The summed E-state index contributed by atoms with van der Waals surface area (Å²) in [5, 5.41) is 9.32. The van der Waals surface area contributed by atoms with Gasteiger partial charge in [0.2, 0.25) is 0 Å². The van der Waals surface area contributed by atoms with Crippen LogP contribution in [0.5, 0.6) is 0 Å². The third kappa shape index (κ3) is 4.19. The predicted molar refractivity (Wildman–Crippen MR) is 124 cm³/mol. The standard InChI is InChI=1S/C25H29N5O/c1-17-5-7-20(8-6-17)11-12-29-15-19(3)30(16-18(29)2)23-13-24(31)28(4)22-10-9-21(14-26)27-25(22)23/h5-10,13,18-19H,11-12,15-16H2,1-4H3/t18-,19+/m1/s1. The molecule has 0 bridgehead atoms. The van der Waals surface area contributed by atoms with Crippen LogP contribution in [0.25, 0.3) is 11.0 Å². The van der Waals surface area contributed by atoms with Crippen LogP contribution in [0.4, 0.5) is 5.69 Å². The molecule has 4 rings (SSSR count). The van der Waals surface area contributed by atoms with Crippen LogP contribution in [0.15, 0.2) is 47.3 Å². The maximum atomic E-state index is 12.6. The van der Waals surface area contributed by atoms with Crippen LogP contribution >= 0.6 is 0 Å². The Bertz CT molecular complexity index is 1190. The Morgan fingerprint density at radius 2 is 1.84 bits per heavy atom. The van der Waals surface area contributed by atoms with E-state index >= 15 is 0 Å². The molecule has 0 amide bonds. The van der Waals surface area contributed by atoms with Gasteiger partial charge in [-0.15, -0.1) is 0 Å². The summed E-state index contributed by atoms with van der Waals surface area (Å²) in [4.78, 5) is 22.0. The topological polar surface area (TPSA) is 65.2 Å². The summed E-state index contributed by atoms with van der Waals surface area (Å²) in [5.41, 5.74) is 5.25. The predicted octanol–water partition coefficient (Wildman–Crippen LogP) is 3.26. The van der Waals surface area contributed by atoms with Crippen molar-refractivity contribution < 1.29 is 0 Å². The van der Waals surface area contributed by atoms with Gasteiger partial charge in [0.15, 0.2) is 0 Å². The van der Waals surface area contributed by atoms with E-state index in [2.05, 4.69) is 65.9 Å². The number of hydrogen-bond donors (Lipinski definition) is 0. The molecule has 6 nitrogen and oxygen atoms in total. The van der Waals surface area contributed by atoms with Gasteiger partial charge in [-0.25, -0.2) is 4.98 Å². The van der Waals surface area contributed by atoms with E-state index in [1.54, 1.807) is 23.7 Å². The number of piperazine rings is 1. The van der Waals surface area contributed by atoms with E-state index in [9.17, 15) is 10.1 Å². The van der Waals surface area contributed by atoms with Crippen LogP contribution in [-0.2, 0) is 13.5 Å². The number of anilines is 1. The van der Waals surface area contributed by atoms with E-state index in [1.807, 2.05) is 6.07 Å². The molecular formula is C25H29N5O. The summed E-state index contributed by atoms with van der Waals surface area (Å²) in [6, 6.07) is 16.6. The molecule has 1 aliphatic rings. The average Bonchev–Trinajstić information content (AvgIpc) is 2.77. The molecule has 0 aliphatic carbocycles. The number of pyridine rings is 2. The number of nitriles is 1. The first-order valence-corrected chi connectivity index (χ1v) is 10.8. The molecule has 3 aromatic rings. The molecule has 1 fully saturated rings. The summed E-state index contributed by atoms with van der Waals surface area (Å²) in [6.07, 6.45) is 1.03. The van der Waals surface area contributed by atoms with Crippen LogP contribution in [0, 0.1) is 18.3 Å². The van der Waals surface area contributed by atoms with Crippen molar-refractivity contribution >= 4 is 16.7 Å². The summed E-state index contributed by atoms with van der Waals surface area (Å²) < 4.78 is 1.60. The van der Waals surface area contributed by atoms with Crippen molar-refractivity contribution in [1.29, 1.82) is 5.26 Å². The molecular weight excluding hydrogens is 386 g/mol. The second-order valence-corrected chi connectivity index (χ2v) is 8.68. The minimum absolute atomic E-state index is 0.0596. The van der Waals surface area contributed by atoms with Crippen molar-refractivity contribution in [3.8, 4) is 6.07 Å². The monoisotopic (exact) mass is 415 g/mol. The Morgan fingerprint density at radius 3 is 2.55 bits per heavy atom. The molecule has 31 heavy (non-hydrogen) atoms. The lowest BCUT2D eigenvalue weighted by molar-refractivity contribution is 0.168. The highest BCUT2D eigenvalue weighted by atomic mass is 16.1. The third-order valence-electron chi connectivity index (χ3n) is 6.42. The van der Waals surface area contributed by atoms with E-state index in [1.165, 1.54) is 11.1 Å².